The first kappa shape index (κ1) is 36.1. The number of amides is 3. The van der Waals surface area contributed by atoms with E-state index in [9.17, 15) is 14.4 Å². The Kier molecular flexibility index (Phi) is 9.13. The number of carbonyl (C=O) groups excluding carboxylic acids is 3. The number of piperidine rings is 1. The number of carbonyl (C=O) groups is 3. The first-order chi connectivity index (χ1) is 27.0. The van der Waals surface area contributed by atoms with Crippen molar-refractivity contribution < 1.29 is 28.6 Å². The van der Waals surface area contributed by atoms with E-state index in [1.165, 1.54) is 12.8 Å². The van der Waals surface area contributed by atoms with E-state index in [1.807, 2.05) is 80.4 Å². The molecule has 2 saturated carbocycles. The van der Waals surface area contributed by atoms with Crippen LogP contribution >= 0.6 is 0 Å². The van der Waals surface area contributed by atoms with Gasteiger partial charge in [-0.25, -0.2) is 19.6 Å². The second kappa shape index (κ2) is 14.2. The molecule has 4 aliphatic rings. The smallest absolute Gasteiger partial charge is 0.410 e. The molecule has 5 aromatic rings. The van der Waals surface area contributed by atoms with Crippen molar-refractivity contribution in [1.29, 1.82) is 0 Å². The average Bonchev–Trinajstić information content (AvgIpc) is 3.47. The molecule has 2 aromatic carbocycles. The highest BCUT2D eigenvalue weighted by Gasteiger charge is 2.50. The molecule has 2 aliphatic carbocycles. The van der Waals surface area contributed by atoms with Gasteiger partial charge in [-0.15, -0.1) is 0 Å². The van der Waals surface area contributed by atoms with Gasteiger partial charge < -0.3 is 38.5 Å². The number of hydrogen-bond donors (Lipinski definition) is 1. The molecule has 3 aromatic heterocycles. The topological polar surface area (TPSA) is 133 Å². The first-order valence-electron chi connectivity index (χ1n) is 19.8. The molecule has 3 amide bonds. The molecule has 5 heterocycles. The van der Waals surface area contributed by atoms with E-state index in [2.05, 4.69) is 26.6 Å². The van der Waals surface area contributed by atoms with Crippen LogP contribution in [0.1, 0.15) is 62.4 Å². The van der Waals surface area contributed by atoms with Crippen molar-refractivity contribution in [2.45, 2.75) is 83.8 Å². The van der Waals surface area contributed by atoms with Crippen molar-refractivity contribution in [2.75, 3.05) is 26.7 Å². The van der Waals surface area contributed by atoms with Crippen LogP contribution in [0, 0.1) is 17.8 Å². The fraction of sp³-hybridized carbons (Fsp3) is 0.465. The van der Waals surface area contributed by atoms with Crippen molar-refractivity contribution in [3.05, 3.63) is 78.0 Å². The van der Waals surface area contributed by atoms with Gasteiger partial charge in [0.25, 0.3) is 5.91 Å². The summed E-state index contributed by atoms with van der Waals surface area (Å²) in [6.45, 7) is 8.86. The Morgan fingerprint density at radius 3 is 2.43 bits per heavy atom. The number of rotatable bonds is 10. The number of aromatic nitrogens is 4. The molecular formula is C43H49N7O6. The number of fused-ring (bicyclic) bond motifs is 4. The highest BCUT2D eigenvalue weighted by molar-refractivity contribution is 6.00. The average molecular weight is 760 g/mol. The van der Waals surface area contributed by atoms with Crippen LogP contribution in [0.2, 0.25) is 0 Å². The monoisotopic (exact) mass is 759 g/mol. The highest BCUT2D eigenvalue weighted by Crippen LogP contribution is 2.42. The zero-order chi connectivity index (χ0) is 38.7. The Bertz CT molecular complexity index is 2300. The van der Waals surface area contributed by atoms with Crippen molar-refractivity contribution in [2.24, 2.45) is 17.8 Å². The summed E-state index contributed by atoms with van der Waals surface area (Å²) in [4.78, 5) is 53.8. The highest BCUT2D eigenvalue weighted by atomic mass is 16.6. The number of nitrogens with one attached hydrogen (secondary N) is 1. The molecule has 1 N–H and O–H groups in total. The Labute approximate surface area is 325 Å². The lowest BCUT2D eigenvalue weighted by Gasteiger charge is -2.38. The van der Waals surface area contributed by atoms with Crippen LogP contribution in [-0.2, 0) is 29.2 Å². The minimum absolute atomic E-state index is 0.111. The van der Waals surface area contributed by atoms with Gasteiger partial charge in [0.1, 0.15) is 29.1 Å². The Morgan fingerprint density at radius 2 is 1.68 bits per heavy atom. The maximum absolute atomic E-state index is 14.4. The zero-order valence-electron chi connectivity index (χ0n) is 32.4. The van der Waals surface area contributed by atoms with Gasteiger partial charge >= 0.3 is 12.2 Å². The predicted molar refractivity (Wildman–Crippen MR) is 210 cm³/mol. The molecule has 2 unspecified atom stereocenters. The second-order valence-electron chi connectivity index (χ2n) is 16.9. The van der Waals surface area contributed by atoms with E-state index in [1.54, 1.807) is 12.0 Å². The molecule has 13 heteroatoms. The van der Waals surface area contributed by atoms with Crippen molar-refractivity contribution in [1.82, 2.24) is 34.2 Å². The zero-order valence-corrected chi connectivity index (χ0v) is 32.4. The number of hydrogen-bond acceptors (Lipinski definition) is 8. The molecule has 4 fully saturated rings. The van der Waals surface area contributed by atoms with Gasteiger partial charge in [0.2, 0.25) is 0 Å². The van der Waals surface area contributed by atoms with E-state index in [4.69, 9.17) is 24.2 Å². The summed E-state index contributed by atoms with van der Waals surface area (Å²) in [5.41, 5.74) is 4.17. The number of methoxy groups -OCH3 is 1. The van der Waals surface area contributed by atoms with Crippen molar-refractivity contribution in [3.8, 4) is 17.3 Å². The Balaban J connectivity index is 1.03. The lowest BCUT2D eigenvalue weighted by molar-refractivity contribution is 0.0450. The summed E-state index contributed by atoms with van der Waals surface area (Å²) in [6.07, 6.45) is 5.18. The quantitative estimate of drug-likeness (QED) is 0.163. The van der Waals surface area contributed by atoms with Gasteiger partial charge in [-0.05, 0) is 94.2 Å². The Hall–Kier alpha value is -5.59. The summed E-state index contributed by atoms with van der Waals surface area (Å²) in [6, 6.07) is 19.3. The van der Waals surface area contributed by atoms with Crippen LogP contribution in [0.4, 0.5) is 9.59 Å². The van der Waals surface area contributed by atoms with Crippen LogP contribution in [0.5, 0.6) is 5.75 Å². The van der Waals surface area contributed by atoms with Crippen molar-refractivity contribution in [3.63, 3.8) is 0 Å². The molecule has 0 spiro atoms. The number of imidazole rings is 1. The minimum Gasteiger partial charge on any atom is -0.494 e. The molecule has 2 bridgehead atoms. The fourth-order valence-corrected chi connectivity index (χ4v) is 8.86. The van der Waals surface area contributed by atoms with E-state index in [0.717, 1.165) is 53.0 Å². The number of pyridine rings is 1. The molecule has 292 valence electrons. The van der Waals surface area contributed by atoms with Crippen LogP contribution in [0.15, 0.2) is 66.9 Å². The standard InChI is InChI=1S/C43H49N7O6/c1-43(2,3)56-41(52)46-36-30-14-15-33(36)49(24-30)40(51)31-17-32-37(35(19-31)54-4)50(23-28-20-47(21-28)42(53)55-25-27-9-6-5-7-10-27)39(45-32)34-18-29-11-8-16-44-38(29)48(34)22-26-12-13-26/h5-11,16-19,26,28,30,33,36H,12-15,20-25H2,1-4H3,(H,46,52)/t30?,33?,36-/m1/s1. The van der Waals surface area contributed by atoms with E-state index < -0.39 is 11.7 Å². The number of likely N-dealkylation sites (tertiary alicyclic amines) is 2. The number of nitrogens with zero attached hydrogens (tertiary/aromatic N) is 6. The van der Waals surface area contributed by atoms with Crippen LogP contribution in [-0.4, -0.2) is 91.4 Å². The van der Waals surface area contributed by atoms with Gasteiger partial charge in [0.15, 0.2) is 5.82 Å². The Morgan fingerprint density at radius 1 is 0.893 bits per heavy atom. The summed E-state index contributed by atoms with van der Waals surface area (Å²) in [7, 11) is 1.63. The largest absolute Gasteiger partial charge is 0.494 e. The normalized spacial score (nSPS) is 20.8. The van der Waals surface area contributed by atoms with Gasteiger partial charge in [0.05, 0.1) is 30.4 Å². The maximum atomic E-state index is 14.4. The lowest BCUT2D eigenvalue weighted by Crippen LogP contribution is -2.51. The van der Waals surface area contributed by atoms with Gasteiger partial charge in [-0.1, -0.05) is 30.3 Å². The van der Waals surface area contributed by atoms with E-state index in [-0.39, 0.29) is 42.5 Å². The number of alkyl carbamates (subject to hydrolysis) is 1. The first-order valence-corrected chi connectivity index (χ1v) is 19.8. The predicted octanol–water partition coefficient (Wildman–Crippen LogP) is 6.87. The fourth-order valence-electron chi connectivity index (χ4n) is 8.86. The summed E-state index contributed by atoms with van der Waals surface area (Å²) >= 11 is 0. The molecule has 3 atom stereocenters. The minimum atomic E-state index is -0.610. The van der Waals surface area contributed by atoms with Crippen LogP contribution in [0.25, 0.3) is 33.6 Å². The SMILES string of the molecule is COc1cc(C(=O)N2CC3CCC2[C@@H]3NC(=O)OC(C)(C)C)cc2nc(-c3cc4cccnc4n3CC3CC3)n(CC3CN(C(=O)OCc4ccccc4)C3)c12. The molecule has 13 nitrogen and oxygen atoms in total. The summed E-state index contributed by atoms with van der Waals surface area (Å²) in [5.74, 6) is 2.12. The molecule has 2 saturated heterocycles. The second-order valence-corrected chi connectivity index (χ2v) is 16.9. The lowest BCUT2D eigenvalue weighted by atomic mass is 10.0. The number of ether oxygens (including phenoxy) is 3. The molecule has 2 aliphatic heterocycles. The third-order valence-corrected chi connectivity index (χ3v) is 11.7. The van der Waals surface area contributed by atoms with Gasteiger partial charge in [0, 0.05) is 55.8 Å². The maximum Gasteiger partial charge on any atom is 0.410 e. The molecule has 9 rings (SSSR count). The van der Waals surface area contributed by atoms with Gasteiger partial charge in [-0.2, -0.15) is 0 Å². The van der Waals surface area contributed by atoms with E-state index >= 15 is 0 Å². The summed E-state index contributed by atoms with van der Waals surface area (Å²) in [5, 5.41) is 4.11. The molecule has 0 radical (unpaired) electrons. The van der Waals surface area contributed by atoms with Crippen LogP contribution < -0.4 is 10.1 Å². The van der Waals surface area contributed by atoms with Crippen molar-refractivity contribution >= 4 is 40.2 Å². The van der Waals surface area contributed by atoms with Gasteiger partial charge in [-0.3, -0.25) is 4.79 Å². The third kappa shape index (κ3) is 6.92. The van der Waals surface area contributed by atoms with Crippen LogP contribution in [0.3, 0.4) is 0 Å². The molecule has 56 heavy (non-hydrogen) atoms. The van der Waals surface area contributed by atoms with E-state index in [0.29, 0.717) is 48.9 Å². The third-order valence-electron chi connectivity index (χ3n) is 11.7. The molecular weight excluding hydrogens is 711 g/mol. The number of benzene rings is 2. The summed E-state index contributed by atoms with van der Waals surface area (Å²) < 4.78 is 21.7.